The van der Waals surface area contributed by atoms with Crippen LogP contribution in [-0.2, 0) is 9.59 Å². The van der Waals surface area contributed by atoms with Gasteiger partial charge in [-0.25, -0.2) is 4.99 Å². The zero-order valence-electron chi connectivity index (χ0n) is 18.6. The van der Waals surface area contributed by atoms with Crippen LogP contribution in [0, 0.1) is 11.8 Å². The van der Waals surface area contributed by atoms with Gasteiger partial charge in [0, 0.05) is 45.7 Å². The van der Waals surface area contributed by atoms with Gasteiger partial charge in [0.25, 0.3) is 0 Å². The second-order valence-electron chi connectivity index (χ2n) is 8.74. The average molecular weight is 521 g/mol. The summed E-state index contributed by atoms with van der Waals surface area (Å²) in [5, 5.41) is 6.98. The molecule has 1 aliphatic carbocycles. The third-order valence-electron chi connectivity index (χ3n) is 5.80. The number of likely N-dealkylation sites (N-methyl/N-ethyl adjacent to an activating group) is 1. The number of aliphatic imine (C=N–C) groups is 1. The van der Waals surface area contributed by atoms with E-state index in [2.05, 4.69) is 15.6 Å². The van der Waals surface area contributed by atoms with Crippen molar-refractivity contribution in [3.63, 3.8) is 0 Å². The highest BCUT2D eigenvalue weighted by molar-refractivity contribution is 14.0. The van der Waals surface area contributed by atoms with Gasteiger partial charge in [0.2, 0.25) is 11.8 Å². The Morgan fingerprint density at radius 1 is 1.07 bits per heavy atom. The second kappa shape index (κ2) is 13.3. The Kier molecular flexibility index (Phi) is 11.9. The molecule has 1 saturated carbocycles. The monoisotopic (exact) mass is 521 g/mol. The van der Waals surface area contributed by atoms with Crippen molar-refractivity contribution in [1.82, 2.24) is 20.4 Å². The van der Waals surface area contributed by atoms with Gasteiger partial charge >= 0.3 is 0 Å². The first-order chi connectivity index (χ1) is 13.4. The molecule has 168 valence electrons. The van der Waals surface area contributed by atoms with E-state index in [1.165, 1.54) is 32.1 Å². The van der Waals surface area contributed by atoms with Gasteiger partial charge in [0.15, 0.2) is 5.96 Å². The van der Waals surface area contributed by atoms with Gasteiger partial charge in [-0.2, -0.15) is 0 Å². The van der Waals surface area contributed by atoms with E-state index in [0.29, 0.717) is 5.92 Å². The zero-order valence-corrected chi connectivity index (χ0v) is 20.9. The molecule has 0 atom stereocenters. The van der Waals surface area contributed by atoms with Crippen molar-refractivity contribution >= 4 is 41.8 Å². The SMILES string of the molecule is CC(C)C(=O)N1CCC(NC(=NCC(=O)N(C)C)NCC2CCCCC2)CC1.I. The molecule has 2 aliphatic rings. The summed E-state index contributed by atoms with van der Waals surface area (Å²) < 4.78 is 0. The van der Waals surface area contributed by atoms with Crippen LogP contribution in [0.2, 0.25) is 0 Å². The lowest BCUT2D eigenvalue weighted by Crippen LogP contribution is -2.51. The number of nitrogens with one attached hydrogen (secondary N) is 2. The van der Waals surface area contributed by atoms with E-state index in [0.717, 1.165) is 38.4 Å². The highest BCUT2D eigenvalue weighted by Crippen LogP contribution is 2.22. The normalized spacial score (nSPS) is 18.9. The fraction of sp³-hybridized carbons (Fsp3) is 0.857. The molecule has 2 rings (SSSR count). The molecule has 29 heavy (non-hydrogen) atoms. The summed E-state index contributed by atoms with van der Waals surface area (Å²) in [4.78, 5) is 32.2. The summed E-state index contributed by atoms with van der Waals surface area (Å²) in [5.41, 5.74) is 0. The van der Waals surface area contributed by atoms with Gasteiger partial charge in [-0.3, -0.25) is 9.59 Å². The lowest BCUT2D eigenvalue weighted by atomic mass is 9.89. The van der Waals surface area contributed by atoms with Gasteiger partial charge in [0.05, 0.1) is 0 Å². The van der Waals surface area contributed by atoms with Crippen LogP contribution in [0.25, 0.3) is 0 Å². The Labute approximate surface area is 193 Å². The maximum Gasteiger partial charge on any atom is 0.243 e. The Morgan fingerprint density at radius 2 is 1.69 bits per heavy atom. The van der Waals surface area contributed by atoms with E-state index < -0.39 is 0 Å². The molecule has 2 amide bonds. The van der Waals surface area contributed by atoms with Crippen molar-refractivity contribution in [1.29, 1.82) is 0 Å². The van der Waals surface area contributed by atoms with Crippen molar-refractivity contribution in [2.75, 3.05) is 40.3 Å². The van der Waals surface area contributed by atoms with Crippen molar-refractivity contribution in [3.8, 4) is 0 Å². The maximum absolute atomic E-state index is 12.2. The number of amides is 2. The van der Waals surface area contributed by atoms with Crippen molar-refractivity contribution in [2.45, 2.75) is 64.8 Å². The maximum atomic E-state index is 12.2. The Bertz CT molecular complexity index is 539. The molecule has 8 heteroatoms. The van der Waals surface area contributed by atoms with Gasteiger partial charge in [-0.05, 0) is 31.6 Å². The van der Waals surface area contributed by atoms with Crippen LogP contribution >= 0.6 is 24.0 Å². The van der Waals surface area contributed by atoms with Crippen molar-refractivity contribution in [3.05, 3.63) is 0 Å². The predicted molar refractivity (Wildman–Crippen MR) is 129 cm³/mol. The standard InChI is InChI=1S/C21H39N5O2.HI/c1-16(2)20(28)26-12-10-18(11-13-26)24-21(23-15-19(27)25(3)4)22-14-17-8-6-5-7-9-17;/h16-18H,5-15H2,1-4H3,(H2,22,23,24);1H. The Hall–Kier alpha value is -1.06. The van der Waals surface area contributed by atoms with E-state index in [4.69, 9.17) is 0 Å². The lowest BCUT2D eigenvalue weighted by molar-refractivity contribution is -0.135. The van der Waals surface area contributed by atoms with Gasteiger partial charge < -0.3 is 20.4 Å². The second-order valence-corrected chi connectivity index (χ2v) is 8.74. The van der Waals surface area contributed by atoms with Crippen molar-refractivity contribution in [2.24, 2.45) is 16.8 Å². The summed E-state index contributed by atoms with van der Waals surface area (Å²) >= 11 is 0. The van der Waals surface area contributed by atoms with E-state index in [-0.39, 0.29) is 54.3 Å². The molecule has 0 aromatic rings. The summed E-state index contributed by atoms with van der Waals surface area (Å²) in [6.45, 7) is 6.52. The van der Waals surface area contributed by atoms with Crippen LogP contribution < -0.4 is 10.6 Å². The highest BCUT2D eigenvalue weighted by Gasteiger charge is 2.25. The predicted octanol–water partition coefficient (Wildman–Crippen LogP) is 2.46. The van der Waals surface area contributed by atoms with E-state index in [1.54, 1.807) is 19.0 Å². The molecule has 1 heterocycles. The fourth-order valence-corrected chi connectivity index (χ4v) is 3.88. The minimum Gasteiger partial charge on any atom is -0.356 e. The molecule has 1 aliphatic heterocycles. The molecule has 0 spiro atoms. The fourth-order valence-electron chi connectivity index (χ4n) is 3.88. The molecule has 0 bridgehead atoms. The quantitative estimate of drug-likeness (QED) is 0.320. The van der Waals surface area contributed by atoms with Crippen LogP contribution in [0.15, 0.2) is 4.99 Å². The number of carbonyl (C=O) groups excluding carboxylic acids is 2. The molecule has 0 aromatic heterocycles. The molecule has 2 N–H and O–H groups in total. The minimum absolute atomic E-state index is 0. The summed E-state index contributed by atoms with van der Waals surface area (Å²) in [7, 11) is 3.50. The number of hydrogen-bond acceptors (Lipinski definition) is 3. The van der Waals surface area contributed by atoms with Crippen LogP contribution in [0.5, 0.6) is 0 Å². The third kappa shape index (κ3) is 9.09. The molecule has 0 aromatic carbocycles. The first kappa shape index (κ1) is 26.0. The first-order valence-corrected chi connectivity index (χ1v) is 10.9. The van der Waals surface area contributed by atoms with E-state index in [1.807, 2.05) is 18.7 Å². The number of nitrogens with zero attached hydrogens (tertiary/aromatic N) is 3. The third-order valence-corrected chi connectivity index (χ3v) is 5.80. The van der Waals surface area contributed by atoms with Crippen LogP contribution in [0.1, 0.15) is 58.8 Å². The van der Waals surface area contributed by atoms with Crippen LogP contribution in [0.4, 0.5) is 0 Å². The van der Waals surface area contributed by atoms with E-state index in [9.17, 15) is 9.59 Å². The number of hydrogen-bond donors (Lipinski definition) is 2. The Balaban J connectivity index is 0.00000420. The number of likely N-dealkylation sites (tertiary alicyclic amines) is 1. The molecule has 7 nitrogen and oxygen atoms in total. The van der Waals surface area contributed by atoms with Crippen LogP contribution in [0.3, 0.4) is 0 Å². The molecular formula is C21H40IN5O2. The number of rotatable bonds is 6. The number of carbonyl (C=O) groups is 2. The van der Waals surface area contributed by atoms with Crippen molar-refractivity contribution < 1.29 is 9.59 Å². The average Bonchev–Trinajstić information content (AvgIpc) is 2.70. The lowest BCUT2D eigenvalue weighted by Gasteiger charge is -2.34. The number of guanidine groups is 1. The van der Waals surface area contributed by atoms with Gasteiger partial charge in [-0.15, -0.1) is 24.0 Å². The van der Waals surface area contributed by atoms with Gasteiger partial charge in [-0.1, -0.05) is 33.1 Å². The Morgan fingerprint density at radius 3 is 2.24 bits per heavy atom. The first-order valence-electron chi connectivity index (χ1n) is 10.9. The largest absolute Gasteiger partial charge is 0.356 e. The number of piperidine rings is 1. The summed E-state index contributed by atoms with van der Waals surface area (Å²) in [6.07, 6.45) is 8.33. The summed E-state index contributed by atoms with van der Waals surface area (Å²) in [5.74, 6) is 1.71. The molecule has 2 fully saturated rings. The highest BCUT2D eigenvalue weighted by atomic mass is 127. The topological polar surface area (TPSA) is 77.0 Å². The van der Waals surface area contributed by atoms with Gasteiger partial charge in [0.1, 0.15) is 6.54 Å². The molecule has 0 unspecified atom stereocenters. The smallest absolute Gasteiger partial charge is 0.243 e. The van der Waals surface area contributed by atoms with Crippen LogP contribution in [-0.4, -0.2) is 73.9 Å². The summed E-state index contributed by atoms with van der Waals surface area (Å²) in [6, 6.07) is 0.281. The molecule has 1 saturated heterocycles. The molecular weight excluding hydrogens is 481 g/mol. The number of halogens is 1. The minimum atomic E-state index is -0.00360. The zero-order chi connectivity index (χ0) is 20.5. The van der Waals surface area contributed by atoms with E-state index >= 15 is 0 Å². The molecule has 0 radical (unpaired) electrons.